The molecule has 2 rings (SSSR count). The molecule has 0 saturated heterocycles. The number of methoxy groups -OCH3 is 1. The highest BCUT2D eigenvalue weighted by Crippen LogP contribution is 2.23. The lowest BCUT2D eigenvalue weighted by atomic mass is 10.1. The van der Waals surface area contributed by atoms with Crippen LogP contribution in [0.1, 0.15) is 18.1 Å². The number of hydrogen-bond acceptors (Lipinski definition) is 4. The smallest absolute Gasteiger partial charge is 0.311 e. The van der Waals surface area contributed by atoms with E-state index in [-0.39, 0.29) is 6.42 Å². The summed E-state index contributed by atoms with van der Waals surface area (Å²) in [4.78, 5) is 24.3. The van der Waals surface area contributed by atoms with Gasteiger partial charge < -0.3 is 14.8 Å². The van der Waals surface area contributed by atoms with Crippen molar-refractivity contribution in [3.8, 4) is 5.75 Å². The Morgan fingerprint density at radius 1 is 1.16 bits per heavy atom. The van der Waals surface area contributed by atoms with Gasteiger partial charge in [-0.2, -0.15) is 0 Å². The molecule has 0 bridgehead atoms. The number of amides is 1. The summed E-state index contributed by atoms with van der Waals surface area (Å²) < 4.78 is 10.4. The van der Waals surface area contributed by atoms with E-state index in [0.29, 0.717) is 22.0 Å². The second-order valence-corrected chi connectivity index (χ2v) is 5.93. The van der Waals surface area contributed by atoms with Gasteiger partial charge in [0.2, 0.25) is 0 Å². The maximum atomic E-state index is 12.2. The molecule has 1 amide bonds. The molecular formula is C19H20ClNO4. The lowest BCUT2D eigenvalue weighted by Crippen LogP contribution is -2.30. The SMILES string of the molecule is COc1ccccc1CC(=O)O[C@H](C)C(=O)Nc1cccc(Cl)c1C. The van der Waals surface area contributed by atoms with Gasteiger partial charge in [-0.1, -0.05) is 35.9 Å². The van der Waals surface area contributed by atoms with E-state index in [1.807, 2.05) is 12.1 Å². The highest BCUT2D eigenvalue weighted by molar-refractivity contribution is 6.31. The highest BCUT2D eigenvalue weighted by atomic mass is 35.5. The van der Waals surface area contributed by atoms with Crippen LogP contribution in [0, 0.1) is 6.92 Å². The number of ether oxygens (including phenoxy) is 2. The van der Waals surface area contributed by atoms with E-state index >= 15 is 0 Å². The number of halogens is 1. The highest BCUT2D eigenvalue weighted by Gasteiger charge is 2.20. The van der Waals surface area contributed by atoms with E-state index in [4.69, 9.17) is 21.1 Å². The molecule has 0 saturated carbocycles. The number of nitrogens with one attached hydrogen (secondary N) is 1. The standard InChI is InChI=1S/C19H20ClNO4/c1-12-15(20)8-6-9-16(12)21-19(23)13(2)25-18(22)11-14-7-4-5-10-17(14)24-3/h4-10,13H,11H2,1-3H3,(H,21,23)/t13-/m1/s1. The molecule has 0 radical (unpaired) electrons. The average molecular weight is 362 g/mol. The zero-order valence-electron chi connectivity index (χ0n) is 14.3. The van der Waals surface area contributed by atoms with Crippen LogP contribution < -0.4 is 10.1 Å². The quantitative estimate of drug-likeness (QED) is 0.795. The number of hydrogen-bond donors (Lipinski definition) is 1. The van der Waals surface area contributed by atoms with Gasteiger partial charge in [0.05, 0.1) is 13.5 Å². The summed E-state index contributed by atoms with van der Waals surface area (Å²) >= 11 is 6.03. The Labute approximate surface area is 151 Å². The van der Waals surface area contributed by atoms with E-state index < -0.39 is 18.0 Å². The summed E-state index contributed by atoms with van der Waals surface area (Å²) in [6.45, 7) is 3.33. The molecule has 0 aliphatic rings. The van der Waals surface area contributed by atoms with Crippen LogP contribution in [0.2, 0.25) is 5.02 Å². The van der Waals surface area contributed by atoms with Crippen molar-refractivity contribution in [1.82, 2.24) is 0 Å². The van der Waals surface area contributed by atoms with Crippen LogP contribution >= 0.6 is 11.6 Å². The average Bonchev–Trinajstić information content (AvgIpc) is 2.59. The van der Waals surface area contributed by atoms with Crippen molar-refractivity contribution in [2.45, 2.75) is 26.4 Å². The van der Waals surface area contributed by atoms with E-state index in [0.717, 1.165) is 5.56 Å². The van der Waals surface area contributed by atoms with Crippen LogP contribution in [-0.4, -0.2) is 25.1 Å². The van der Waals surface area contributed by atoms with Crippen molar-refractivity contribution >= 4 is 29.2 Å². The molecule has 0 heterocycles. The first kappa shape index (κ1) is 18.8. The van der Waals surface area contributed by atoms with Gasteiger partial charge in [0, 0.05) is 16.3 Å². The van der Waals surface area contributed by atoms with Gasteiger partial charge in [0.1, 0.15) is 5.75 Å². The van der Waals surface area contributed by atoms with Gasteiger partial charge in [-0.3, -0.25) is 9.59 Å². The fourth-order valence-electron chi connectivity index (χ4n) is 2.27. The van der Waals surface area contributed by atoms with Crippen LogP contribution in [0.25, 0.3) is 0 Å². The predicted molar refractivity (Wildman–Crippen MR) is 97.1 cm³/mol. The van der Waals surface area contributed by atoms with Crippen molar-refractivity contribution in [1.29, 1.82) is 0 Å². The van der Waals surface area contributed by atoms with Crippen LogP contribution in [0.15, 0.2) is 42.5 Å². The molecular weight excluding hydrogens is 342 g/mol. The number of rotatable bonds is 6. The van der Waals surface area contributed by atoms with Crippen molar-refractivity contribution in [2.75, 3.05) is 12.4 Å². The third-order valence-corrected chi connectivity index (χ3v) is 4.14. The molecule has 2 aromatic rings. The molecule has 0 fully saturated rings. The maximum Gasteiger partial charge on any atom is 0.311 e. The van der Waals surface area contributed by atoms with Crippen molar-refractivity contribution in [2.24, 2.45) is 0 Å². The number of benzene rings is 2. The fraction of sp³-hybridized carbons (Fsp3) is 0.263. The first-order valence-corrected chi connectivity index (χ1v) is 8.17. The van der Waals surface area contributed by atoms with Gasteiger partial charge in [-0.15, -0.1) is 0 Å². The number of esters is 1. The lowest BCUT2D eigenvalue weighted by Gasteiger charge is -2.15. The number of carbonyl (C=O) groups excluding carboxylic acids is 2. The zero-order chi connectivity index (χ0) is 18.4. The Hall–Kier alpha value is -2.53. The summed E-state index contributed by atoms with van der Waals surface area (Å²) in [6.07, 6.45) is -0.904. The summed E-state index contributed by atoms with van der Waals surface area (Å²) in [7, 11) is 1.54. The molecule has 1 atom stereocenters. The van der Waals surface area contributed by atoms with Gasteiger partial charge in [-0.25, -0.2) is 0 Å². The summed E-state index contributed by atoms with van der Waals surface area (Å²) in [5, 5.41) is 3.27. The fourth-order valence-corrected chi connectivity index (χ4v) is 2.45. The number of anilines is 1. The van der Waals surface area contributed by atoms with Crippen LogP contribution in [0.3, 0.4) is 0 Å². The number of carbonyl (C=O) groups is 2. The van der Waals surface area contributed by atoms with Gasteiger partial charge in [0.25, 0.3) is 5.91 Å². The van der Waals surface area contributed by atoms with Crippen molar-refractivity contribution in [3.05, 3.63) is 58.6 Å². The maximum absolute atomic E-state index is 12.2. The molecule has 0 aliphatic carbocycles. The molecule has 6 heteroatoms. The molecule has 132 valence electrons. The Morgan fingerprint density at radius 2 is 1.88 bits per heavy atom. The summed E-state index contributed by atoms with van der Waals surface area (Å²) in [5.41, 5.74) is 2.04. The summed E-state index contributed by atoms with van der Waals surface area (Å²) in [5.74, 6) is -0.320. The molecule has 1 N–H and O–H groups in total. The van der Waals surface area contributed by atoms with Crippen LogP contribution in [0.5, 0.6) is 5.75 Å². The van der Waals surface area contributed by atoms with E-state index in [1.165, 1.54) is 14.0 Å². The predicted octanol–water partition coefficient (Wildman–Crippen LogP) is 3.77. The molecule has 0 spiro atoms. The first-order chi connectivity index (χ1) is 11.9. The monoisotopic (exact) mass is 361 g/mol. The second-order valence-electron chi connectivity index (χ2n) is 5.52. The van der Waals surface area contributed by atoms with E-state index in [9.17, 15) is 9.59 Å². The molecule has 5 nitrogen and oxygen atoms in total. The van der Waals surface area contributed by atoms with Crippen molar-refractivity contribution < 1.29 is 19.1 Å². The van der Waals surface area contributed by atoms with Crippen molar-refractivity contribution in [3.63, 3.8) is 0 Å². The largest absolute Gasteiger partial charge is 0.496 e. The Morgan fingerprint density at radius 3 is 2.60 bits per heavy atom. The minimum absolute atomic E-state index is 0.0256. The first-order valence-electron chi connectivity index (χ1n) is 7.79. The van der Waals surface area contributed by atoms with Crippen LogP contribution in [-0.2, 0) is 20.7 Å². The topological polar surface area (TPSA) is 64.6 Å². The molecule has 0 unspecified atom stereocenters. The molecule has 2 aromatic carbocycles. The second kappa shape index (κ2) is 8.53. The summed E-state index contributed by atoms with van der Waals surface area (Å²) in [6, 6.07) is 12.4. The van der Waals surface area contributed by atoms with Gasteiger partial charge in [0.15, 0.2) is 6.10 Å². The minimum atomic E-state index is -0.930. The third kappa shape index (κ3) is 4.97. The zero-order valence-corrected chi connectivity index (χ0v) is 15.1. The van der Waals surface area contributed by atoms with Gasteiger partial charge in [-0.05, 0) is 37.6 Å². The normalized spacial score (nSPS) is 11.5. The van der Waals surface area contributed by atoms with Gasteiger partial charge >= 0.3 is 5.97 Å². The third-order valence-electron chi connectivity index (χ3n) is 3.73. The Kier molecular flexibility index (Phi) is 6.42. The Balaban J connectivity index is 1.96. The Bertz CT molecular complexity index is 776. The number of para-hydroxylation sites is 1. The molecule has 0 aromatic heterocycles. The van der Waals surface area contributed by atoms with Crippen LogP contribution in [0.4, 0.5) is 5.69 Å². The molecule has 0 aliphatic heterocycles. The minimum Gasteiger partial charge on any atom is -0.496 e. The lowest BCUT2D eigenvalue weighted by molar-refractivity contribution is -0.152. The molecule has 25 heavy (non-hydrogen) atoms. The van der Waals surface area contributed by atoms with E-state index in [1.54, 1.807) is 37.3 Å². The van der Waals surface area contributed by atoms with E-state index in [2.05, 4.69) is 5.32 Å².